The predicted molar refractivity (Wildman–Crippen MR) is 73.4 cm³/mol. The van der Waals surface area contributed by atoms with Crippen LogP contribution in [0.25, 0.3) is 0 Å². The predicted octanol–water partition coefficient (Wildman–Crippen LogP) is 2.59. The number of carbonyl (C=O) groups excluding carboxylic acids is 1. The van der Waals surface area contributed by atoms with Crippen molar-refractivity contribution in [2.75, 3.05) is 12.4 Å². The normalized spacial score (nSPS) is 30.9. The van der Waals surface area contributed by atoms with Crippen LogP contribution in [0.3, 0.4) is 0 Å². The van der Waals surface area contributed by atoms with Gasteiger partial charge in [0.05, 0.1) is 6.61 Å². The van der Waals surface area contributed by atoms with Gasteiger partial charge in [-0.1, -0.05) is 13.8 Å². The number of hydrogen-bond acceptors (Lipinski definition) is 4. The van der Waals surface area contributed by atoms with Crippen LogP contribution in [0.2, 0.25) is 0 Å². The van der Waals surface area contributed by atoms with Gasteiger partial charge < -0.3 is 4.74 Å². The number of nitrogens with one attached hydrogen (secondary N) is 1. The summed E-state index contributed by atoms with van der Waals surface area (Å²) in [6.45, 7) is 8.73. The van der Waals surface area contributed by atoms with E-state index in [9.17, 15) is 4.79 Å². The van der Waals surface area contributed by atoms with E-state index in [-0.39, 0.29) is 11.2 Å². The second-order valence-electron chi connectivity index (χ2n) is 4.76. The lowest BCUT2D eigenvalue weighted by atomic mass is 9.88. The summed E-state index contributed by atoms with van der Waals surface area (Å²) in [7, 11) is 0. The molecule has 0 aromatic rings. The molecule has 1 heterocycles. The molecular weight excluding hydrogens is 234 g/mol. The molecule has 0 aromatic carbocycles. The summed E-state index contributed by atoms with van der Waals surface area (Å²) in [5, 5.41) is 3.80. The van der Waals surface area contributed by atoms with E-state index in [2.05, 4.69) is 26.1 Å². The molecule has 1 saturated heterocycles. The average Bonchev–Trinajstić information content (AvgIpc) is 2.32. The number of rotatable bonds is 5. The first kappa shape index (κ1) is 14.8. The van der Waals surface area contributed by atoms with Gasteiger partial charge in [0.1, 0.15) is 5.54 Å². The van der Waals surface area contributed by atoms with E-state index in [0.717, 1.165) is 25.0 Å². The molecule has 1 N–H and O–H groups in total. The minimum absolute atomic E-state index is 0.0694. The first-order chi connectivity index (χ1) is 8.06. The number of ether oxygens (including phenoxy) is 1. The molecule has 0 aliphatic carbocycles. The SMILES string of the molecule is CCOC(=O)C1(NC(C)CC)CCCSC1C. The number of carbonyl (C=O) groups is 1. The standard InChI is InChI=1S/C13H25NO2S/c1-5-10(3)14-13(12(15)16-6-2)8-7-9-17-11(13)4/h10-11,14H,5-9H2,1-4H3. The third-order valence-corrected chi connectivity index (χ3v) is 4.96. The molecule has 100 valence electrons. The van der Waals surface area contributed by atoms with Gasteiger partial charge in [0.15, 0.2) is 0 Å². The van der Waals surface area contributed by atoms with E-state index in [4.69, 9.17) is 4.74 Å². The lowest BCUT2D eigenvalue weighted by Gasteiger charge is -2.42. The first-order valence-corrected chi connectivity index (χ1v) is 7.68. The van der Waals surface area contributed by atoms with Crippen LogP contribution in [0.1, 0.15) is 47.0 Å². The molecule has 1 aliphatic heterocycles. The Morgan fingerprint density at radius 3 is 2.82 bits per heavy atom. The zero-order valence-corrected chi connectivity index (χ0v) is 12.2. The second kappa shape index (κ2) is 6.64. The average molecular weight is 259 g/mol. The lowest BCUT2D eigenvalue weighted by molar-refractivity contribution is -0.152. The maximum Gasteiger partial charge on any atom is 0.327 e. The van der Waals surface area contributed by atoms with Gasteiger partial charge in [-0.3, -0.25) is 10.1 Å². The van der Waals surface area contributed by atoms with Gasteiger partial charge in [0, 0.05) is 11.3 Å². The summed E-state index contributed by atoms with van der Waals surface area (Å²) in [4.78, 5) is 12.3. The van der Waals surface area contributed by atoms with Crippen LogP contribution in [0, 0.1) is 0 Å². The minimum atomic E-state index is -0.478. The summed E-state index contributed by atoms with van der Waals surface area (Å²) in [6.07, 6.45) is 3.00. The van der Waals surface area contributed by atoms with Crippen molar-refractivity contribution in [3.05, 3.63) is 0 Å². The molecule has 4 heteroatoms. The summed E-state index contributed by atoms with van der Waals surface area (Å²) in [6, 6.07) is 0.348. The van der Waals surface area contributed by atoms with Crippen molar-refractivity contribution in [3.63, 3.8) is 0 Å². The fourth-order valence-electron chi connectivity index (χ4n) is 2.27. The second-order valence-corrected chi connectivity index (χ2v) is 6.21. The highest BCUT2D eigenvalue weighted by atomic mass is 32.2. The van der Waals surface area contributed by atoms with Crippen molar-refractivity contribution in [1.29, 1.82) is 0 Å². The lowest BCUT2D eigenvalue weighted by Crippen LogP contribution is -2.62. The molecule has 1 rings (SSSR count). The Morgan fingerprint density at radius 1 is 1.59 bits per heavy atom. The molecule has 0 radical (unpaired) electrons. The highest BCUT2D eigenvalue weighted by Crippen LogP contribution is 2.35. The Labute approximate surface area is 109 Å². The van der Waals surface area contributed by atoms with Gasteiger partial charge >= 0.3 is 5.97 Å². The van der Waals surface area contributed by atoms with Crippen LogP contribution >= 0.6 is 11.8 Å². The van der Waals surface area contributed by atoms with E-state index >= 15 is 0 Å². The van der Waals surface area contributed by atoms with Gasteiger partial charge in [-0.15, -0.1) is 0 Å². The molecule has 0 saturated carbocycles. The van der Waals surface area contributed by atoms with E-state index in [1.54, 1.807) is 0 Å². The highest BCUT2D eigenvalue weighted by molar-refractivity contribution is 8.00. The van der Waals surface area contributed by atoms with Crippen LogP contribution in [0.15, 0.2) is 0 Å². The zero-order chi connectivity index (χ0) is 12.9. The Bertz CT molecular complexity index is 260. The molecule has 0 aromatic heterocycles. The monoisotopic (exact) mass is 259 g/mol. The molecule has 3 nitrogen and oxygen atoms in total. The Hall–Kier alpha value is -0.220. The molecule has 0 amide bonds. The van der Waals surface area contributed by atoms with Gasteiger partial charge in [-0.25, -0.2) is 0 Å². The van der Waals surface area contributed by atoms with Crippen molar-refractivity contribution in [1.82, 2.24) is 5.32 Å². The topological polar surface area (TPSA) is 38.3 Å². The summed E-state index contributed by atoms with van der Waals surface area (Å²) >= 11 is 1.87. The molecule has 3 atom stereocenters. The molecule has 0 bridgehead atoms. The number of esters is 1. The fraction of sp³-hybridized carbons (Fsp3) is 0.923. The quantitative estimate of drug-likeness (QED) is 0.770. The molecule has 3 unspecified atom stereocenters. The number of hydrogen-bond donors (Lipinski definition) is 1. The Balaban J connectivity index is 2.85. The van der Waals surface area contributed by atoms with Crippen LogP contribution < -0.4 is 5.32 Å². The van der Waals surface area contributed by atoms with Crippen LogP contribution in [0.4, 0.5) is 0 Å². The maximum atomic E-state index is 12.3. The van der Waals surface area contributed by atoms with Gasteiger partial charge in [-0.2, -0.15) is 11.8 Å². The van der Waals surface area contributed by atoms with Crippen LogP contribution in [-0.2, 0) is 9.53 Å². The van der Waals surface area contributed by atoms with Gasteiger partial charge in [-0.05, 0) is 38.9 Å². The van der Waals surface area contributed by atoms with Crippen LogP contribution in [0.5, 0.6) is 0 Å². The van der Waals surface area contributed by atoms with Crippen molar-refractivity contribution >= 4 is 17.7 Å². The third-order valence-electron chi connectivity index (χ3n) is 3.53. The zero-order valence-electron chi connectivity index (χ0n) is 11.4. The summed E-state index contributed by atoms with van der Waals surface area (Å²) < 4.78 is 5.29. The van der Waals surface area contributed by atoms with Crippen molar-refractivity contribution in [2.45, 2.75) is 63.8 Å². The van der Waals surface area contributed by atoms with E-state index < -0.39 is 5.54 Å². The smallest absolute Gasteiger partial charge is 0.327 e. The Kier molecular flexibility index (Phi) is 5.80. The van der Waals surface area contributed by atoms with E-state index in [1.807, 2.05) is 18.7 Å². The van der Waals surface area contributed by atoms with Crippen LogP contribution in [-0.4, -0.2) is 35.2 Å². The molecule has 1 fully saturated rings. The molecule has 1 aliphatic rings. The van der Waals surface area contributed by atoms with Crippen molar-refractivity contribution in [3.8, 4) is 0 Å². The highest BCUT2D eigenvalue weighted by Gasteiger charge is 2.47. The minimum Gasteiger partial charge on any atom is -0.465 e. The van der Waals surface area contributed by atoms with Gasteiger partial charge in [0.2, 0.25) is 0 Å². The Morgan fingerprint density at radius 2 is 2.29 bits per heavy atom. The van der Waals surface area contributed by atoms with Gasteiger partial charge in [0.25, 0.3) is 0 Å². The summed E-state index contributed by atoms with van der Waals surface area (Å²) in [5.74, 6) is 1.07. The maximum absolute atomic E-state index is 12.3. The van der Waals surface area contributed by atoms with E-state index in [0.29, 0.717) is 12.6 Å². The number of thioether (sulfide) groups is 1. The first-order valence-electron chi connectivity index (χ1n) is 6.63. The third kappa shape index (κ3) is 3.38. The van der Waals surface area contributed by atoms with E-state index in [1.165, 1.54) is 0 Å². The fourth-order valence-corrected chi connectivity index (χ4v) is 3.51. The largest absolute Gasteiger partial charge is 0.465 e. The molecule has 17 heavy (non-hydrogen) atoms. The van der Waals surface area contributed by atoms with Crippen molar-refractivity contribution < 1.29 is 9.53 Å². The molecule has 0 spiro atoms. The molecular formula is C13H25NO2S. The van der Waals surface area contributed by atoms with Crippen molar-refractivity contribution in [2.24, 2.45) is 0 Å². The summed E-state index contributed by atoms with van der Waals surface area (Å²) in [5.41, 5.74) is -0.478.